The molecule has 0 fully saturated rings. The third-order valence-electron chi connectivity index (χ3n) is 2.23. The number of sulfonamides is 1. The van der Waals surface area contributed by atoms with Gasteiger partial charge in [0, 0.05) is 6.92 Å². The molecule has 1 aliphatic heterocycles. The number of hydrogen-bond acceptors (Lipinski definition) is 4. The van der Waals surface area contributed by atoms with Gasteiger partial charge in [0.25, 0.3) is 10.0 Å². The molecule has 2 N–H and O–H groups in total. The van der Waals surface area contributed by atoms with Crippen LogP contribution in [0.4, 0.5) is 11.4 Å². The molecule has 0 bridgehead atoms. The summed E-state index contributed by atoms with van der Waals surface area (Å²) < 4.78 is 27.1. The maximum Gasteiger partial charge on any atom is 0.286 e. The summed E-state index contributed by atoms with van der Waals surface area (Å²) in [4.78, 5) is 11.0. The quantitative estimate of drug-likeness (QED) is 0.825. The number of nitrogens with one attached hydrogen (secondary N) is 2. The molecule has 18 heavy (non-hydrogen) atoms. The monoisotopic (exact) mass is 287 g/mol. The van der Waals surface area contributed by atoms with Gasteiger partial charge in [-0.3, -0.25) is 4.79 Å². The number of halogens is 1. The predicted octanol–water partition coefficient (Wildman–Crippen LogP) is 1.83. The number of rotatable bonds is 1. The second-order valence-corrected chi connectivity index (χ2v) is 5.77. The standard InChI is InChI=1S/C10H10ClN3O3S/c1-5-12-9-4-8(13-6(2)15)7(11)3-10(9)18(16,17)14-5/h3-4H,1-2H3,(H,12,14)(H,13,15). The highest BCUT2D eigenvalue weighted by molar-refractivity contribution is 7.90. The molecule has 6 nitrogen and oxygen atoms in total. The minimum atomic E-state index is -3.73. The average Bonchev–Trinajstić information content (AvgIpc) is 2.19. The molecule has 0 aromatic heterocycles. The average molecular weight is 288 g/mol. The van der Waals surface area contributed by atoms with E-state index < -0.39 is 10.0 Å². The zero-order chi connectivity index (χ0) is 13.5. The zero-order valence-electron chi connectivity index (χ0n) is 9.61. The Balaban J connectivity index is 2.59. The van der Waals surface area contributed by atoms with E-state index in [9.17, 15) is 13.2 Å². The first-order valence-electron chi connectivity index (χ1n) is 4.99. The van der Waals surface area contributed by atoms with Crippen molar-refractivity contribution in [3.63, 3.8) is 0 Å². The molecule has 1 amide bonds. The van der Waals surface area contributed by atoms with Crippen LogP contribution >= 0.6 is 11.6 Å². The van der Waals surface area contributed by atoms with E-state index in [-0.39, 0.29) is 21.7 Å². The van der Waals surface area contributed by atoms with Crippen molar-refractivity contribution in [3.05, 3.63) is 17.2 Å². The summed E-state index contributed by atoms with van der Waals surface area (Å²) in [5, 5.41) is 5.48. The van der Waals surface area contributed by atoms with Gasteiger partial charge in [-0.05, 0) is 19.1 Å². The van der Waals surface area contributed by atoms with Crippen molar-refractivity contribution >= 4 is 44.7 Å². The largest absolute Gasteiger partial charge is 0.342 e. The SMILES string of the molecule is CC(=O)Nc1cc2c(cc1Cl)S(=O)(=O)N=C(C)N2. The van der Waals surface area contributed by atoms with Crippen molar-refractivity contribution in [1.82, 2.24) is 0 Å². The number of amidine groups is 1. The molecule has 0 saturated heterocycles. The highest BCUT2D eigenvalue weighted by atomic mass is 35.5. The summed E-state index contributed by atoms with van der Waals surface area (Å²) in [7, 11) is -3.73. The molecule has 0 saturated carbocycles. The zero-order valence-corrected chi connectivity index (χ0v) is 11.2. The third-order valence-corrected chi connectivity index (χ3v) is 3.95. The van der Waals surface area contributed by atoms with Crippen LogP contribution in [0, 0.1) is 0 Å². The molecule has 0 radical (unpaired) electrons. The van der Waals surface area contributed by atoms with E-state index in [2.05, 4.69) is 15.0 Å². The van der Waals surface area contributed by atoms with Gasteiger partial charge in [-0.15, -0.1) is 4.40 Å². The maximum atomic E-state index is 11.8. The summed E-state index contributed by atoms with van der Waals surface area (Å²) in [5.74, 6) is -0.0282. The van der Waals surface area contributed by atoms with Gasteiger partial charge in [-0.25, -0.2) is 0 Å². The van der Waals surface area contributed by atoms with E-state index in [1.807, 2.05) is 0 Å². The smallest absolute Gasteiger partial charge is 0.286 e. The van der Waals surface area contributed by atoms with Crippen LogP contribution in [0.2, 0.25) is 5.02 Å². The molecule has 1 aromatic carbocycles. The minimum absolute atomic E-state index is 0.00722. The molecular formula is C10H10ClN3O3S. The number of nitrogens with zero attached hydrogens (tertiary/aromatic N) is 1. The Morgan fingerprint density at radius 1 is 1.44 bits per heavy atom. The first kappa shape index (κ1) is 12.8. The van der Waals surface area contributed by atoms with Gasteiger partial charge in [0.05, 0.1) is 16.4 Å². The molecule has 1 heterocycles. The molecule has 1 aromatic rings. The lowest BCUT2D eigenvalue weighted by Gasteiger charge is -2.18. The predicted molar refractivity (Wildman–Crippen MR) is 69.7 cm³/mol. The number of carbonyl (C=O) groups excluding carboxylic acids is 1. The van der Waals surface area contributed by atoms with Crippen LogP contribution in [-0.4, -0.2) is 20.2 Å². The van der Waals surface area contributed by atoms with Crippen molar-refractivity contribution in [2.45, 2.75) is 18.7 Å². The van der Waals surface area contributed by atoms with E-state index >= 15 is 0 Å². The van der Waals surface area contributed by atoms with E-state index in [0.717, 1.165) is 0 Å². The van der Waals surface area contributed by atoms with Gasteiger partial charge in [0.2, 0.25) is 5.91 Å². The number of benzene rings is 1. The van der Waals surface area contributed by atoms with Gasteiger partial charge in [0.1, 0.15) is 10.7 Å². The molecule has 1 aliphatic rings. The number of anilines is 2. The van der Waals surface area contributed by atoms with Crippen LogP contribution in [0.5, 0.6) is 0 Å². The van der Waals surface area contributed by atoms with Crippen LogP contribution < -0.4 is 10.6 Å². The van der Waals surface area contributed by atoms with Crippen molar-refractivity contribution < 1.29 is 13.2 Å². The fraction of sp³-hybridized carbons (Fsp3) is 0.200. The van der Waals surface area contributed by atoms with Gasteiger partial charge in [0.15, 0.2) is 0 Å². The molecule has 8 heteroatoms. The maximum absolute atomic E-state index is 11.8. The van der Waals surface area contributed by atoms with Crippen molar-refractivity contribution in [2.75, 3.05) is 10.6 Å². The van der Waals surface area contributed by atoms with Crippen molar-refractivity contribution in [2.24, 2.45) is 4.40 Å². The van der Waals surface area contributed by atoms with Crippen LogP contribution in [-0.2, 0) is 14.8 Å². The summed E-state index contributed by atoms with van der Waals surface area (Å²) in [5.41, 5.74) is 0.691. The molecule has 96 valence electrons. The summed E-state index contributed by atoms with van der Waals surface area (Å²) in [6.45, 7) is 2.87. The van der Waals surface area contributed by atoms with Crippen molar-refractivity contribution in [3.8, 4) is 0 Å². The lowest BCUT2D eigenvalue weighted by molar-refractivity contribution is -0.114. The lowest BCUT2D eigenvalue weighted by Crippen LogP contribution is -2.19. The molecule has 0 atom stereocenters. The Kier molecular flexibility index (Phi) is 3.04. The fourth-order valence-electron chi connectivity index (χ4n) is 1.60. The van der Waals surface area contributed by atoms with E-state index in [1.165, 1.54) is 26.0 Å². The Hall–Kier alpha value is -1.60. The first-order chi connectivity index (χ1) is 8.29. The van der Waals surface area contributed by atoms with Crippen LogP contribution in [0.3, 0.4) is 0 Å². The summed E-state index contributed by atoms with van der Waals surface area (Å²) in [6, 6.07) is 2.73. The van der Waals surface area contributed by atoms with Gasteiger partial charge >= 0.3 is 0 Å². The number of hydrogen-bond donors (Lipinski definition) is 2. The number of amides is 1. The Morgan fingerprint density at radius 2 is 2.11 bits per heavy atom. The van der Waals surface area contributed by atoms with Crippen molar-refractivity contribution in [1.29, 1.82) is 0 Å². The topological polar surface area (TPSA) is 87.6 Å². The minimum Gasteiger partial charge on any atom is -0.342 e. The van der Waals surface area contributed by atoms with Crippen LogP contribution in [0.25, 0.3) is 0 Å². The van der Waals surface area contributed by atoms with E-state index in [0.29, 0.717) is 11.4 Å². The van der Waals surface area contributed by atoms with Gasteiger partial charge in [-0.2, -0.15) is 8.42 Å². The summed E-state index contributed by atoms with van der Waals surface area (Å²) in [6.07, 6.45) is 0. The van der Waals surface area contributed by atoms with Crippen LogP contribution in [0.1, 0.15) is 13.8 Å². The normalized spacial score (nSPS) is 16.3. The van der Waals surface area contributed by atoms with Crippen LogP contribution in [0.15, 0.2) is 21.4 Å². The first-order valence-corrected chi connectivity index (χ1v) is 6.81. The second kappa shape index (κ2) is 4.25. The molecule has 0 spiro atoms. The highest BCUT2D eigenvalue weighted by Gasteiger charge is 2.25. The second-order valence-electron chi connectivity index (χ2n) is 3.79. The Morgan fingerprint density at radius 3 is 2.72 bits per heavy atom. The highest BCUT2D eigenvalue weighted by Crippen LogP contribution is 2.35. The van der Waals surface area contributed by atoms with E-state index in [4.69, 9.17) is 11.6 Å². The molecule has 0 aliphatic carbocycles. The Labute approximate surface area is 109 Å². The molecule has 0 unspecified atom stereocenters. The number of fused-ring (bicyclic) bond motifs is 1. The van der Waals surface area contributed by atoms with Gasteiger partial charge in [-0.1, -0.05) is 11.6 Å². The lowest BCUT2D eigenvalue weighted by atomic mass is 10.2. The fourth-order valence-corrected chi connectivity index (χ4v) is 3.03. The Bertz CT molecular complexity index is 667. The number of carbonyl (C=O) groups is 1. The molecular weight excluding hydrogens is 278 g/mol. The third kappa shape index (κ3) is 2.32. The van der Waals surface area contributed by atoms with Gasteiger partial charge < -0.3 is 10.6 Å². The summed E-state index contributed by atoms with van der Waals surface area (Å²) >= 11 is 5.91. The molecule has 2 rings (SSSR count). The van der Waals surface area contributed by atoms with E-state index in [1.54, 1.807) is 0 Å².